The van der Waals surface area contributed by atoms with E-state index in [1.807, 2.05) is 60.7 Å². The van der Waals surface area contributed by atoms with Gasteiger partial charge in [0.15, 0.2) is 20.9 Å². The van der Waals surface area contributed by atoms with Crippen molar-refractivity contribution in [3.8, 4) is 0 Å². The zero-order chi connectivity index (χ0) is 24.9. The second kappa shape index (κ2) is 10.7. The van der Waals surface area contributed by atoms with Crippen LogP contribution in [0.25, 0.3) is 23.1 Å². The van der Waals surface area contributed by atoms with E-state index in [-0.39, 0.29) is 13.0 Å². The lowest BCUT2D eigenvalue weighted by Crippen LogP contribution is -2.51. The summed E-state index contributed by atoms with van der Waals surface area (Å²) in [4.78, 5) is 18.2. The zero-order valence-corrected chi connectivity index (χ0v) is 20.8. The highest BCUT2D eigenvalue weighted by Crippen LogP contribution is 2.25. The average Bonchev–Trinajstić information content (AvgIpc) is 3.27. The number of fused-ring (bicyclic) bond motifs is 1. The summed E-state index contributed by atoms with van der Waals surface area (Å²) in [5, 5.41) is 5.37. The number of sulfone groups is 1. The van der Waals surface area contributed by atoms with Crippen molar-refractivity contribution in [1.82, 2.24) is 15.3 Å². The molecule has 1 aliphatic rings. The molecule has 1 aliphatic heterocycles. The number of nitrogens with zero attached hydrogens (tertiary/aromatic N) is 2. The Balaban J connectivity index is 1.45. The molecule has 9 heteroatoms. The van der Waals surface area contributed by atoms with Crippen LogP contribution in [0.2, 0.25) is 0 Å². The number of aromatic nitrogens is 2. The van der Waals surface area contributed by atoms with Gasteiger partial charge in [0.25, 0.3) is 5.91 Å². The van der Waals surface area contributed by atoms with E-state index in [0.717, 1.165) is 41.1 Å². The average molecular weight is 498 g/mol. The molecule has 1 fully saturated rings. The van der Waals surface area contributed by atoms with E-state index in [0.29, 0.717) is 13.0 Å². The van der Waals surface area contributed by atoms with Gasteiger partial charge in [0.1, 0.15) is 0 Å². The van der Waals surface area contributed by atoms with Crippen LogP contribution in [0.1, 0.15) is 43.7 Å². The predicted octanol–water partition coefficient (Wildman–Crippen LogP) is 3.97. The molecule has 4 rings (SSSR count). The van der Waals surface area contributed by atoms with Crippen LogP contribution < -0.4 is 5.48 Å². The fraction of sp³-hybridized carbons (Fsp3) is 0.385. The molecule has 2 aromatic carbocycles. The summed E-state index contributed by atoms with van der Waals surface area (Å²) in [7, 11) is -3.75. The third kappa shape index (κ3) is 5.98. The summed E-state index contributed by atoms with van der Waals surface area (Å²) < 4.78 is 30.7. The Labute approximate surface area is 205 Å². The molecule has 186 valence electrons. The normalized spacial score (nSPS) is 18.5. The Bertz CT molecular complexity index is 1300. The number of amides is 1. The van der Waals surface area contributed by atoms with Crippen molar-refractivity contribution in [3.63, 3.8) is 0 Å². The number of hydroxylamine groups is 1. The number of carbonyl (C=O) groups is 1. The molecule has 2 heterocycles. The van der Waals surface area contributed by atoms with Gasteiger partial charge in [-0.1, -0.05) is 48.6 Å². The van der Waals surface area contributed by atoms with Gasteiger partial charge in [-0.25, -0.2) is 18.7 Å². The van der Waals surface area contributed by atoms with Gasteiger partial charge in [0, 0.05) is 31.2 Å². The summed E-state index contributed by atoms with van der Waals surface area (Å²) >= 11 is 0. The molecule has 0 bridgehead atoms. The number of aryl methyl sites for hydroxylation is 1. The number of hydrogen-bond acceptors (Lipinski definition) is 6. The van der Waals surface area contributed by atoms with Crippen molar-refractivity contribution in [2.75, 3.05) is 12.9 Å². The van der Waals surface area contributed by atoms with Crippen LogP contribution in [0.4, 0.5) is 0 Å². The molecule has 0 aliphatic carbocycles. The summed E-state index contributed by atoms with van der Waals surface area (Å²) in [5.41, 5.74) is 5.33. The van der Waals surface area contributed by atoms with E-state index in [1.54, 1.807) is 10.9 Å². The fourth-order valence-corrected chi connectivity index (χ4v) is 4.80. The standard InChI is InChI=1S/C26H31N3O5S/c1-26(35(2,31)32,25(30)28-34-24-10-6-7-17-33-24)15-16-29-23-14-13-21(18-22(23)19-27-29)12-11-20-8-4-3-5-9-20/h3-5,8-9,11-14,18-19,24H,6-7,10,15-17H2,1-2H3,(H,28,30). The molecule has 0 radical (unpaired) electrons. The zero-order valence-electron chi connectivity index (χ0n) is 20.0. The number of nitrogens with one attached hydrogen (secondary N) is 1. The van der Waals surface area contributed by atoms with E-state index >= 15 is 0 Å². The van der Waals surface area contributed by atoms with E-state index in [4.69, 9.17) is 9.57 Å². The van der Waals surface area contributed by atoms with Crippen molar-refractivity contribution in [3.05, 3.63) is 65.9 Å². The first kappa shape index (κ1) is 25.1. The van der Waals surface area contributed by atoms with Crippen LogP contribution in [0.5, 0.6) is 0 Å². The summed E-state index contributed by atoms with van der Waals surface area (Å²) in [6.45, 7) is 2.22. The smallest absolute Gasteiger partial charge is 0.264 e. The quantitative estimate of drug-likeness (QED) is 0.355. The SMILES string of the molecule is CC(CCn1ncc2cc(C=Cc3ccccc3)ccc21)(C(=O)NOC1CCCCO1)S(C)(=O)=O. The maximum absolute atomic E-state index is 12.9. The highest BCUT2D eigenvalue weighted by Gasteiger charge is 2.44. The Morgan fingerprint density at radius 2 is 1.97 bits per heavy atom. The third-order valence-corrected chi connectivity index (χ3v) is 8.48. The lowest BCUT2D eigenvalue weighted by Gasteiger charge is -2.28. The summed E-state index contributed by atoms with van der Waals surface area (Å²) in [6.07, 6.45) is 8.90. The predicted molar refractivity (Wildman–Crippen MR) is 136 cm³/mol. The molecule has 2 atom stereocenters. The number of benzene rings is 2. The van der Waals surface area contributed by atoms with Crippen molar-refractivity contribution in [2.45, 2.75) is 50.2 Å². The molecular formula is C26H31N3O5S. The maximum Gasteiger partial charge on any atom is 0.264 e. The largest absolute Gasteiger partial charge is 0.350 e. The van der Waals surface area contributed by atoms with Crippen molar-refractivity contribution >= 4 is 38.8 Å². The third-order valence-electron chi connectivity index (χ3n) is 6.45. The van der Waals surface area contributed by atoms with Crippen LogP contribution in [0, 0.1) is 0 Å². The molecular weight excluding hydrogens is 466 g/mol. The number of hydrogen-bond donors (Lipinski definition) is 1. The second-order valence-corrected chi connectivity index (χ2v) is 11.5. The topological polar surface area (TPSA) is 99.5 Å². The second-order valence-electron chi connectivity index (χ2n) is 9.03. The number of carbonyl (C=O) groups excluding carboxylic acids is 1. The van der Waals surface area contributed by atoms with Crippen molar-refractivity contribution in [2.24, 2.45) is 0 Å². The molecule has 8 nitrogen and oxygen atoms in total. The van der Waals surface area contributed by atoms with Gasteiger partial charge in [0.2, 0.25) is 0 Å². The lowest BCUT2D eigenvalue weighted by atomic mass is 10.1. The first-order chi connectivity index (χ1) is 16.8. The van der Waals surface area contributed by atoms with Crippen LogP contribution in [-0.2, 0) is 30.8 Å². The molecule has 1 N–H and O–H groups in total. The van der Waals surface area contributed by atoms with Gasteiger partial charge in [-0.05, 0) is 49.4 Å². The maximum atomic E-state index is 12.9. The van der Waals surface area contributed by atoms with Crippen LogP contribution in [-0.4, -0.2) is 48.0 Å². The Morgan fingerprint density at radius 1 is 1.20 bits per heavy atom. The minimum atomic E-state index is -3.75. The number of ether oxygens (including phenoxy) is 1. The fourth-order valence-electron chi connectivity index (χ4n) is 3.96. The van der Waals surface area contributed by atoms with Crippen molar-refractivity contribution in [1.29, 1.82) is 0 Å². The minimum absolute atomic E-state index is 0.0407. The summed E-state index contributed by atoms with van der Waals surface area (Å²) in [5.74, 6) is -0.709. The molecule has 0 spiro atoms. The Hall–Kier alpha value is -3.01. The van der Waals surface area contributed by atoms with Gasteiger partial charge in [-0.2, -0.15) is 5.10 Å². The highest BCUT2D eigenvalue weighted by molar-refractivity contribution is 7.92. The van der Waals surface area contributed by atoms with E-state index in [9.17, 15) is 13.2 Å². The number of rotatable bonds is 9. The molecule has 0 saturated carbocycles. The summed E-state index contributed by atoms with van der Waals surface area (Å²) in [6, 6.07) is 16.0. The Kier molecular flexibility index (Phi) is 7.69. The van der Waals surface area contributed by atoms with Crippen LogP contribution in [0.3, 0.4) is 0 Å². The minimum Gasteiger partial charge on any atom is -0.350 e. The Morgan fingerprint density at radius 3 is 2.69 bits per heavy atom. The van der Waals surface area contributed by atoms with Crippen LogP contribution >= 0.6 is 0 Å². The van der Waals surface area contributed by atoms with Crippen LogP contribution in [0.15, 0.2) is 54.7 Å². The van der Waals surface area contributed by atoms with Crippen molar-refractivity contribution < 1.29 is 22.8 Å². The van der Waals surface area contributed by atoms with Gasteiger partial charge in [-0.3, -0.25) is 9.48 Å². The molecule has 35 heavy (non-hydrogen) atoms. The highest BCUT2D eigenvalue weighted by atomic mass is 32.2. The first-order valence-electron chi connectivity index (χ1n) is 11.7. The van der Waals surface area contributed by atoms with Gasteiger partial charge in [0.05, 0.1) is 11.7 Å². The molecule has 1 saturated heterocycles. The van der Waals surface area contributed by atoms with Gasteiger partial charge in [-0.15, -0.1) is 0 Å². The first-order valence-corrected chi connectivity index (χ1v) is 13.6. The van der Waals surface area contributed by atoms with E-state index < -0.39 is 26.8 Å². The van der Waals surface area contributed by atoms with Gasteiger partial charge < -0.3 is 4.74 Å². The molecule has 1 amide bonds. The van der Waals surface area contributed by atoms with E-state index in [1.165, 1.54) is 6.92 Å². The monoisotopic (exact) mass is 497 g/mol. The molecule has 2 unspecified atom stereocenters. The molecule has 3 aromatic rings. The van der Waals surface area contributed by atoms with Gasteiger partial charge >= 0.3 is 0 Å². The lowest BCUT2D eigenvalue weighted by molar-refractivity contribution is -0.201. The van der Waals surface area contributed by atoms with E-state index in [2.05, 4.69) is 10.6 Å². The molecule has 1 aromatic heterocycles.